The van der Waals surface area contributed by atoms with Crippen molar-refractivity contribution in [3.63, 3.8) is 0 Å². The number of pyridine rings is 1. The van der Waals surface area contributed by atoms with E-state index in [4.69, 9.17) is 11.6 Å². The Morgan fingerprint density at radius 1 is 1.30 bits per heavy atom. The van der Waals surface area contributed by atoms with Crippen molar-refractivity contribution in [1.82, 2.24) is 4.98 Å². The molecule has 0 aliphatic rings. The minimum Gasteiger partial charge on any atom is -0.289 e. The molecule has 1 aromatic carbocycles. The lowest BCUT2D eigenvalue weighted by Crippen LogP contribution is -2.02. The number of carbonyl (C=O) groups excluding carboxylic acids is 1. The molecule has 0 spiro atoms. The first-order valence-electron chi connectivity index (χ1n) is 5.65. The van der Waals surface area contributed by atoms with Crippen LogP contribution in [0.25, 0.3) is 6.08 Å². The van der Waals surface area contributed by atoms with Crippen molar-refractivity contribution in [2.75, 3.05) is 0 Å². The fourth-order valence-electron chi connectivity index (χ4n) is 1.64. The molecule has 100 valence electrons. The highest BCUT2D eigenvalue weighted by Crippen LogP contribution is 2.27. The SMILES string of the molecule is O=C(/C=C/c1cccnc1)c1c(Cl)cccc1[N+](=O)[O-]. The zero-order valence-electron chi connectivity index (χ0n) is 10.2. The number of nitro benzene ring substituents is 1. The quantitative estimate of drug-likeness (QED) is 0.373. The van der Waals surface area contributed by atoms with Crippen LogP contribution in [0.1, 0.15) is 15.9 Å². The topological polar surface area (TPSA) is 73.1 Å². The zero-order valence-corrected chi connectivity index (χ0v) is 10.9. The zero-order chi connectivity index (χ0) is 14.5. The Balaban J connectivity index is 2.35. The number of aromatic nitrogens is 1. The van der Waals surface area contributed by atoms with E-state index in [1.807, 2.05) is 0 Å². The summed E-state index contributed by atoms with van der Waals surface area (Å²) in [6.45, 7) is 0. The highest BCUT2D eigenvalue weighted by atomic mass is 35.5. The van der Waals surface area contributed by atoms with Gasteiger partial charge in [0.15, 0.2) is 5.78 Å². The molecule has 0 aliphatic carbocycles. The molecule has 0 saturated heterocycles. The van der Waals surface area contributed by atoms with Crippen molar-refractivity contribution < 1.29 is 9.72 Å². The number of ketones is 1. The number of carbonyl (C=O) groups is 1. The van der Waals surface area contributed by atoms with Gasteiger partial charge in [-0.1, -0.05) is 23.7 Å². The summed E-state index contributed by atoms with van der Waals surface area (Å²) in [7, 11) is 0. The lowest BCUT2D eigenvalue weighted by Gasteiger charge is -2.01. The number of nitrogens with zero attached hydrogens (tertiary/aromatic N) is 2. The second-order valence-electron chi connectivity index (χ2n) is 3.88. The molecule has 2 aromatic rings. The van der Waals surface area contributed by atoms with Crippen LogP contribution in [0.3, 0.4) is 0 Å². The van der Waals surface area contributed by atoms with Gasteiger partial charge >= 0.3 is 0 Å². The number of benzene rings is 1. The van der Waals surface area contributed by atoms with Crippen molar-refractivity contribution in [2.24, 2.45) is 0 Å². The fourth-order valence-corrected chi connectivity index (χ4v) is 1.90. The average Bonchev–Trinajstić information content (AvgIpc) is 2.45. The van der Waals surface area contributed by atoms with Crippen LogP contribution in [0.2, 0.25) is 5.02 Å². The largest absolute Gasteiger partial charge is 0.289 e. The number of rotatable bonds is 4. The highest BCUT2D eigenvalue weighted by molar-refractivity contribution is 6.35. The van der Waals surface area contributed by atoms with Gasteiger partial charge in [0.05, 0.1) is 9.95 Å². The van der Waals surface area contributed by atoms with Crippen LogP contribution < -0.4 is 0 Å². The molecule has 1 aromatic heterocycles. The molecule has 0 unspecified atom stereocenters. The molecule has 5 nitrogen and oxygen atoms in total. The third-order valence-electron chi connectivity index (χ3n) is 2.55. The fraction of sp³-hybridized carbons (Fsp3) is 0. The third-order valence-corrected chi connectivity index (χ3v) is 2.86. The number of hydrogen-bond donors (Lipinski definition) is 0. The van der Waals surface area contributed by atoms with E-state index in [2.05, 4.69) is 4.98 Å². The normalized spacial score (nSPS) is 10.7. The maximum atomic E-state index is 12.1. The Labute approximate surface area is 119 Å². The lowest BCUT2D eigenvalue weighted by atomic mass is 10.1. The van der Waals surface area contributed by atoms with Gasteiger partial charge in [0.1, 0.15) is 5.56 Å². The van der Waals surface area contributed by atoms with E-state index in [0.717, 1.165) is 5.56 Å². The molecule has 0 aliphatic heterocycles. The molecule has 0 amide bonds. The van der Waals surface area contributed by atoms with Gasteiger partial charge in [-0.25, -0.2) is 0 Å². The maximum absolute atomic E-state index is 12.1. The van der Waals surface area contributed by atoms with E-state index < -0.39 is 10.7 Å². The molecular formula is C14H9ClN2O3. The van der Waals surface area contributed by atoms with Crippen LogP contribution in [0, 0.1) is 10.1 Å². The summed E-state index contributed by atoms with van der Waals surface area (Å²) in [6.07, 6.45) is 5.95. The first-order valence-corrected chi connectivity index (χ1v) is 6.02. The Bertz CT molecular complexity index is 684. The van der Waals surface area contributed by atoms with Crippen LogP contribution in [0.15, 0.2) is 48.8 Å². The maximum Gasteiger partial charge on any atom is 0.282 e. The standard InChI is InChI=1S/C14H9ClN2O3/c15-11-4-1-5-12(17(19)20)14(11)13(18)7-6-10-3-2-8-16-9-10/h1-9H/b7-6+. The van der Waals surface area contributed by atoms with Crippen LogP contribution in [-0.4, -0.2) is 15.7 Å². The molecular weight excluding hydrogens is 280 g/mol. The highest BCUT2D eigenvalue weighted by Gasteiger charge is 2.21. The molecule has 1 heterocycles. The van der Waals surface area contributed by atoms with Gasteiger partial charge in [0.2, 0.25) is 0 Å². The van der Waals surface area contributed by atoms with Crippen LogP contribution in [0.5, 0.6) is 0 Å². The molecule has 0 saturated carbocycles. The van der Waals surface area contributed by atoms with Gasteiger partial charge in [0.25, 0.3) is 5.69 Å². The van der Waals surface area contributed by atoms with E-state index in [-0.39, 0.29) is 16.3 Å². The first kappa shape index (κ1) is 13.9. The monoisotopic (exact) mass is 288 g/mol. The molecule has 6 heteroatoms. The van der Waals surface area contributed by atoms with Gasteiger partial charge in [-0.05, 0) is 29.8 Å². The van der Waals surface area contributed by atoms with E-state index in [0.29, 0.717) is 0 Å². The van der Waals surface area contributed by atoms with E-state index in [1.165, 1.54) is 30.4 Å². The van der Waals surface area contributed by atoms with Gasteiger partial charge in [-0.15, -0.1) is 0 Å². The van der Waals surface area contributed by atoms with Crippen molar-refractivity contribution in [1.29, 1.82) is 0 Å². The van der Waals surface area contributed by atoms with Gasteiger partial charge in [0, 0.05) is 18.5 Å². The third kappa shape index (κ3) is 3.07. The Kier molecular flexibility index (Phi) is 4.22. The lowest BCUT2D eigenvalue weighted by molar-refractivity contribution is -0.385. The number of nitro groups is 1. The summed E-state index contributed by atoms with van der Waals surface area (Å²) >= 11 is 5.88. The number of allylic oxidation sites excluding steroid dienone is 1. The van der Waals surface area contributed by atoms with Crippen molar-refractivity contribution in [3.8, 4) is 0 Å². The summed E-state index contributed by atoms with van der Waals surface area (Å²) in [5, 5.41) is 11.0. The molecule has 0 fully saturated rings. The van der Waals surface area contributed by atoms with E-state index in [9.17, 15) is 14.9 Å². The molecule has 2 rings (SSSR count). The van der Waals surface area contributed by atoms with Gasteiger partial charge < -0.3 is 0 Å². The molecule has 0 atom stereocenters. The van der Waals surface area contributed by atoms with Crippen LogP contribution >= 0.6 is 11.6 Å². The Morgan fingerprint density at radius 2 is 2.10 bits per heavy atom. The first-order chi connectivity index (χ1) is 9.59. The predicted molar refractivity (Wildman–Crippen MR) is 75.7 cm³/mol. The van der Waals surface area contributed by atoms with Crippen molar-refractivity contribution in [3.05, 3.63) is 75.1 Å². The van der Waals surface area contributed by atoms with Gasteiger partial charge in [-0.2, -0.15) is 0 Å². The second kappa shape index (κ2) is 6.08. The molecule has 20 heavy (non-hydrogen) atoms. The number of hydrogen-bond acceptors (Lipinski definition) is 4. The van der Waals surface area contributed by atoms with E-state index in [1.54, 1.807) is 24.5 Å². The molecule has 0 radical (unpaired) electrons. The minimum atomic E-state index is -0.628. The molecule has 0 bridgehead atoms. The van der Waals surface area contributed by atoms with E-state index >= 15 is 0 Å². The second-order valence-corrected chi connectivity index (χ2v) is 4.28. The molecule has 0 N–H and O–H groups in total. The van der Waals surface area contributed by atoms with Crippen LogP contribution in [-0.2, 0) is 0 Å². The summed E-state index contributed by atoms with van der Waals surface area (Å²) in [5.74, 6) is -0.522. The Morgan fingerprint density at radius 3 is 2.75 bits per heavy atom. The van der Waals surface area contributed by atoms with Gasteiger partial charge in [-0.3, -0.25) is 19.9 Å². The smallest absolute Gasteiger partial charge is 0.282 e. The summed E-state index contributed by atoms with van der Waals surface area (Å²) in [5.41, 5.74) is 0.299. The predicted octanol–water partition coefficient (Wildman–Crippen LogP) is 3.54. The Hall–Kier alpha value is -2.53. The summed E-state index contributed by atoms with van der Waals surface area (Å²) in [6, 6.07) is 7.61. The van der Waals surface area contributed by atoms with Crippen molar-refractivity contribution >= 4 is 29.1 Å². The summed E-state index contributed by atoms with van der Waals surface area (Å²) < 4.78 is 0. The van der Waals surface area contributed by atoms with Crippen LogP contribution in [0.4, 0.5) is 5.69 Å². The average molecular weight is 289 g/mol. The van der Waals surface area contributed by atoms with Crippen molar-refractivity contribution in [2.45, 2.75) is 0 Å². The summed E-state index contributed by atoms with van der Waals surface area (Å²) in [4.78, 5) is 26.3. The number of halogens is 1. The minimum absolute atomic E-state index is 0.0556.